The van der Waals surface area contributed by atoms with E-state index in [1.807, 2.05) is 26.0 Å². The lowest BCUT2D eigenvalue weighted by Crippen LogP contribution is -2.41. The minimum absolute atomic E-state index is 0.0755. The van der Waals surface area contributed by atoms with Gasteiger partial charge in [-0.1, -0.05) is 18.5 Å². The number of rotatable bonds is 5. The fourth-order valence-corrected chi connectivity index (χ4v) is 5.77. The molecule has 0 unspecified atom stereocenters. The van der Waals surface area contributed by atoms with Crippen LogP contribution in [0.5, 0.6) is 0 Å². The normalized spacial score (nSPS) is 13.7. The van der Waals surface area contributed by atoms with Crippen LogP contribution >= 0.6 is 22.9 Å². The third-order valence-electron chi connectivity index (χ3n) is 6.27. The van der Waals surface area contributed by atoms with Crippen LogP contribution in [0.4, 0.5) is 5.00 Å². The Morgan fingerprint density at radius 1 is 1.19 bits per heavy atom. The number of carbonyl (C=O) groups is 2. The number of thiophene rings is 1. The third-order valence-corrected chi connectivity index (χ3v) is 7.57. The second-order valence-corrected chi connectivity index (χ2v) is 10.2. The molecule has 5 rings (SSSR count). The Labute approximate surface area is 218 Å². The fourth-order valence-electron chi connectivity index (χ4n) is 4.46. The van der Waals surface area contributed by atoms with Gasteiger partial charge in [0.15, 0.2) is 0 Å². The van der Waals surface area contributed by atoms with Gasteiger partial charge in [0.1, 0.15) is 5.00 Å². The number of hydrogen-bond acceptors (Lipinski definition) is 6. The zero-order chi connectivity index (χ0) is 25.2. The molecule has 1 aliphatic heterocycles. The number of aryl methyl sites for hydroxylation is 1. The van der Waals surface area contributed by atoms with Crippen molar-refractivity contribution in [2.75, 3.05) is 31.6 Å². The molecule has 9 heteroatoms. The number of anilines is 1. The highest BCUT2D eigenvalue weighted by Gasteiger charge is 2.28. The molecule has 1 N–H and O–H groups in total. The van der Waals surface area contributed by atoms with Crippen LogP contribution in [0, 0.1) is 6.92 Å². The summed E-state index contributed by atoms with van der Waals surface area (Å²) in [6.45, 7) is 6.10. The zero-order valence-corrected chi connectivity index (χ0v) is 21.6. The number of fused-ring (bicyclic) bond motifs is 1. The van der Waals surface area contributed by atoms with Crippen molar-refractivity contribution in [2.45, 2.75) is 20.3 Å². The molecule has 1 saturated heterocycles. The molecular formula is C27H25ClN4O3S. The van der Waals surface area contributed by atoms with Crippen LogP contribution < -0.4 is 5.32 Å². The minimum Gasteiger partial charge on any atom is -0.378 e. The van der Waals surface area contributed by atoms with E-state index in [2.05, 4.69) is 10.3 Å². The van der Waals surface area contributed by atoms with Gasteiger partial charge in [-0.25, -0.2) is 4.98 Å². The molecule has 0 atom stereocenters. The Kier molecular flexibility index (Phi) is 7.00. The second kappa shape index (κ2) is 10.3. The molecule has 1 aromatic carbocycles. The van der Waals surface area contributed by atoms with Crippen molar-refractivity contribution in [3.63, 3.8) is 0 Å². The standard InChI is InChI=1S/C27H25ClN4O3S/c1-3-19-16(2)36-26(24(19)27(34)32-9-11-35-12-10-32)31-25(33)21-14-23(17-5-4-8-29-15-17)30-22-7-6-18(28)13-20(21)22/h4-8,13-15H,3,9-12H2,1-2H3,(H,31,33). The molecule has 0 saturated carbocycles. The molecule has 0 radical (unpaired) electrons. The van der Waals surface area contributed by atoms with Gasteiger partial charge in [-0.05, 0) is 55.3 Å². The summed E-state index contributed by atoms with van der Waals surface area (Å²) in [6, 6.07) is 10.8. The molecule has 3 aromatic heterocycles. The summed E-state index contributed by atoms with van der Waals surface area (Å²) < 4.78 is 5.42. The lowest BCUT2D eigenvalue weighted by molar-refractivity contribution is 0.0303. The van der Waals surface area contributed by atoms with Gasteiger partial charge in [0, 0.05) is 46.3 Å². The first-order valence-corrected chi connectivity index (χ1v) is 13.0. The van der Waals surface area contributed by atoms with Gasteiger partial charge >= 0.3 is 0 Å². The van der Waals surface area contributed by atoms with E-state index < -0.39 is 0 Å². The fraction of sp³-hybridized carbons (Fsp3) is 0.259. The van der Waals surface area contributed by atoms with Gasteiger partial charge in [0.05, 0.1) is 35.6 Å². The Balaban J connectivity index is 1.57. The van der Waals surface area contributed by atoms with Crippen molar-refractivity contribution in [1.82, 2.24) is 14.9 Å². The number of nitrogens with one attached hydrogen (secondary N) is 1. The number of carbonyl (C=O) groups excluding carboxylic acids is 2. The van der Waals surface area contributed by atoms with Crippen LogP contribution in [0.15, 0.2) is 48.8 Å². The molecule has 0 bridgehead atoms. The molecular weight excluding hydrogens is 496 g/mol. The summed E-state index contributed by atoms with van der Waals surface area (Å²) in [6.07, 6.45) is 4.10. The van der Waals surface area contributed by atoms with E-state index in [0.29, 0.717) is 70.5 Å². The van der Waals surface area contributed by atoms with E-state index >= 15 is 0 Å². The van der Waals surface area contributed by atoms with Crippen LogP contribution in [0.3, 0.4) is 0 Å². The zero-order valence-electron chi connectivity index (χ0n) is 20.0. The Bertz CT molecular complexity index is 1450. The number of morpholine rings is 1. The molecule has 4 heterocycles. The first-order chi connectivity index (χ1) is 17.5. The average molecular weight is 521 g/mol. The molecule has 1 aliphatic rings. The monoisotopic (exact) mass is 520 g/mol. The Hall–Kier alpha value is -3.33. The maximum atomic E-state index is 13.7. The van der Waals surface area contributed by atoms with Crippen molar-refractivity contribution in [3.05, 3.63) is 75.4 Å². The number of aromatic nitrogens is 2. The van der Waals surface area contributed by atoms with Crippen LogP contribution in [-0.4, -0.2) is 53.0 Å². The van der Waals surface area contributed by atoms with Gasteiger partial charge in [0.25, 0.3) is 11.8 Å². The predicted molar refractivity (Wildman–Crippen MR) is 143 cm³/mol. The smallest absolute Gasteiger partial charge is 0.257 e. The molecule has 1 fully saturated rings. The van der Waals surface area contributed by atoms with Gasteiger partial charge in [-0.3, -0.25) is 14.6 Å². The van der Waals surface area contributed by atoms with E-state index in [9.17, 15) is 9.59 Å². The van der Waals surface area contributed by atoms with E-state index in [-0.39, 0.29) is 11.8 Å². The summed E-state index contributed by atoms with van der Waals surface area (Å²) in [7, 11) is 0. The number of nitrogens with zero attached hydrogens (tertiary/aromatic N) is 3. The van der Waals surface area contributed by atoms with Gasteiger partial charge in [0.2, 0.25) is 0 Å². The van der Waals surface area contributed by atoms with Crippen molar-refractivity contribution in [3.8, 4) is 11.3 Å². The SMILES string of the molecule is CCc1c(C)sc(NC(=O)c2cc(-c3cccnc3)nc3ccc(Cl)cc23)c1C(=O)N1CCOCC1. The number of ether oxygens (including phenoxy) is 1. The lowest BCUT2D eigenvalue weighted by atomic mass is 10.0. The van der Waals surface area contributed by atoms with Gasteiger partial charge < -0.3 is 15.0 Å². The van der Waals surface area contributed by atoms with E-state index in [1.165, 1.54) is 11.3 Å². The molecule has 184 valence electrons. The van der Waals surface area contributed by atoms with Crippen molar-refractivity contribution in [1.29, 1.82) is 0 Å². The van der Waals surface area contributed by atoms with Crippen molar-refractivity contribution < 1.29 is 14.3 Å². The molecule has 2 amide bonds. The summed E-state index contributed by atoms with van der Waals surface area (Å²) in [5.74, 6) is -0.400. The Morgan fingerprint density at radius 3 is 2.72 bits per heavy atom. The first kappa shape index (κ1) is 24.4. The number of hydrogen-bond donors (Lipinski definition) is 1. The van der Waals surface area contributed by atoms with Gasteiger partial charge in [-0.15, -0.1) is 11.3 Å². The maximum absolute atomic E-state index is 13.7. The highest BCUT2D eigenvalue weighted by molar-refractivity contribution is 7.16. The van der Waals surface area contributed by atoms with E-state index in [0.717, 1.165) is 16.0 Å². The first-order valence-electron chi connectivity index (χ1n) is 11.8. The number of benzene rings is 1. The van der Waals surface area contributed by atoms with Crippen molar-refractivity contribution in [2.24, 2.45) is 0 Å². The number of pyridine rings is 2. The molecule has 36 heavy (non-hydrogen) atoms. The summed E-state index contributed by atoms with van der Waals surface area (Å²) >= 11 is 7.71. The van der Waals surface area contributed by atoms with Crippen LogP contribution in [0.1, 0.15) is 38.1 Å². The minimum atomic E-state index is -0.324. The summed E-state index contributed by atoms with van der Waals surface area (Å²) in [5, 5.41) is 4.75. The summed E-state index contributed by atoms with van der Waals surface area (Å²) in [4.78, 5) is 39.0. The van der Waals surface area contributed by atoms with Gasteiger partial charge in [-0.2, -0.15) is 0 Å². The average Bonchev–Trinajstić information content (AvgIpc) is 3.22. The molecule has 0 aliphatic carbocycles. The molecule has 4 aromatic rings. The number of halogens is 1. The van der Waals surface area contributed by atoms with Crippen molar-refractivity contribution >= 4 is 50.7 Å². The second-order valence-electron chi connectivity index (χ2n) is 8.51. The lowest BCUT2D eigenvalue weighted by Gasteiger charge is -2.27. The highest BCUT2D eigenvalue weighted by atomic mass is 35.5. The Morgan fingerprint density at radius 2 is 2.00 bits per heavy atom. The van der Waals surface area contributed by atoms with Crippen LogP contribution in [-0.2, 0) is 11.2 Å². The largest absolute Gasteiger partial charge is 0.378 e. The quantitative estimate of drug-likeness (QED) is 0.370. The highest BCUT2D eigenvalue weighted by Crippen LogP contribution is 2.36. The summed E-state index contributed by atoms with van der Waals surface area (Å²) in [5.41, 5.74) is 4.03. The maximum Gasteiger partial charge on any atom is 0.257 e. The third kappa shape index (κ3) is 4.72. The van der Waals surface area contributed by atoms with Crippen LogP contribution in [0.25, 0.3) is 22.2 Å². The van der Waals surface area contributed by atoms with E-state index in [1.54, 1.807) is 41.6 Å². The number of amides is 2. The molecule has 7 nitrogen and oxygen atoms in total. The van der Waals surface area contributed by atoms with Crippen LogP contribution in [0.2, 0.25) is 5.02 Å². The topological polar surface area (TPSA) is 84.4 Å². The predicted octanol–water partition coefficient (Wildman–Crippen LogP) is 5.61. The molecule has 0 spiro atoms. The van der Waals surface area contributed by atoms with E-state index in [4.69, 9.17) is 21.3 Å².